The Bertz CT molecular complexity index is 885. The molecule has 1 atom stereocenters. The van der Waals surface area contributed by atoms with E-state index in [1.165, 1.54) is 6.42 Å². The monoisotopic (exact) mass is 500 g/mol. The minimum Gasteiger partial charge on any atom is -0.493 e. The number of hydrogen-bond donors (Lipinski definition) is 5. The molecule has 0 aliphatic carbocycles. The van der Waals surface area contributed by atoms with Crippen molar-refractivity contribution >= 4 is 29.8 Å². The molecule has 2 aliphatic rings. The van der Waals surface area contributed by atoms with Crippen LogP contribution in [0.1, 0.15) is 30.1 Å². The van der Waals surface area contributed by atoms with Gasteiger partial charge >= 0.3 is 23.9 Å². The Morgan fingerprint density at radius 2 is 1.51 bits per heavy atom. The smallest absolute Gasteiger partial charge is 0.414 e. The largest absolute Gasteiger partial charge is 0.493 e. The van der Waals surface area contributed by atoms with E-state index in [0.29, 0.717) is 48.6 Å². The Labute approximate surface area is 200 Å². The molecule has 1 fully saturated rings. The van der Waals surface area contributed by atoms with E-state index in [-0.39, 0.29) is 5.91 Å². The number of methoxy groups -OCH3 is 1. The molecule has 3 rings (SSSR count). The Balaban J connectivity index is 0.000000425. The third kappa shape index (κ3) is 9.00. The van der Waals surface area contributed by atoms with Crippen molar-refractivity contribution in [3.63, 3.8) is 0 Å². The molecule has 1 unspecified atom stereocenters. The molecule has 0 radical (unpaired) electrons. The zero-order valence-corrected chi connectivity index (χ0v) is 19.2. The standard InChI is InChI=1S/C17H24N2O4.2C2H2O4/c1-3-19-8-4-5-12(19)11-18-17(20)13-6-7-14(21-2)16-15(13)22-9-10-23-16;2*3-1(4)2(5)6/h6-7,12H,3-5,8-11H2,1-2H3,(H,18,20);2*(H,3,4)(H,5,6). The number of hydrogen-bond acceptors (Lipinski definition) is 9. The van der Waals surface area contributed by atoms with E-state index in [1.807, 2.05) is 0 Å². The predicted octanol–water partition coefficient (Wildman–Crippen LogP) is -0.00830. The molecule has 2 aliphatic heterocycles. The van der Waals surface area contributed by atoms with Crippen LogP contribution in [0.2, 0.25) is 0 Å². The summed E-state index contributed by atoms with van der Waals surface area (Å²) in [4.78, 5) is 51.4. The molecule has 2 heterocycles. The molecule has 1 saturated heterocycles. The van der Waals surface area contributed by atoms with Gasteiger partial charge in [-0.25, -0.2) is 19.2 Å². The second kappa shape index (κ2) is 14.2. The maximum Gasteiger partial charge on any atom is 0.414 e. The first-order valence-corrected chi connectivity index (χ1v) is 10.4. The number of rotatable bonds is 5. The maximum absolute atomic E-state index is 12.6. The van der Waals surface area contributed by atoms with Crippen LogP contribution in [0.5, 0.6) is 17.2 Å². The fourth-order valence-corrected chi connectivity index (χ4v) is 3.30. The number of amides is 1. The fraction of sp³-hybridized carbons (Fsp3) is 0.476. The molecule has 14 nitrogen and oxygen atoms in total. The number of likely N-dealkylation sites (tertiary alicyclic amines) is 1. The van der Waals surface area contributed by atoms with Gasteiger partial charge in [0.15, 0.2) is 11.5 Å². The van der Waals surface area contributed by atoms with Gasteiger partial charge in [0.05, 0.1) is 12.7 Å². The average Bonchev–Trinajstić information content (AvgIpc) is 3.30. The van der Waals surface area contributed by atoms with E-state index < -0.39 is 23.9 Å². The highest BCUT2D eigenvalue weighted by molar-refractivity contribution is 6.27. The number of aliphatic carboxylic acids is 4. The highest BCUT2D eigenvalue weighted by Crippen LogP contribution is 2.41. The molecule has 194 valence electrons. The average molecular weight is 500 g/mol. The molecule has 14 heteroatoms. The third-order valence-electron chi connectivity index (χ3n) is 4.89. The van der Waals surface area contributed by atoms with E-state index >= 15 is 0 Å². The summed E-state index contributed by atoms with van der Waals surface area (Å²) in [6, 6.07) is 3.90. The van der Waals surface area contributed by atoms with Crippen molar-refractivity contribution in [2.75, 3.05) is 40.0 Å². The zero-order valence-electron chi connectivity index (χ0n) is 19.2. The van der Waals surface area contributed by atoms with Gasteiger partial charge in [-0.15, -0.1) is 0 Å². The van der Waals surface area contributed by atoms with Crippen molar-refractivity contribution in [3.05, 3.63) is 17.7 Å². The number of ether oxygens (including phenoxy) is 3. The summed E-state index contributed by atoms with van der Waals surface area (Å²) in [6.07, 6.45) is 2.33. The molecule has 0 saturated carbocycles. The number of likely N-dealkylation sites (N-methyl/N-ethyl adjacent to an activating group) is 1. The van der Waals surface area contributed by atoms with E-state index in [4.69, 9.17) is 53.8 Å². The minimum absolute atomic E-state index is 0.127. The van der Waals surface area contributed by atoms with Crippen LogP contribution in [0.15, 0.2) is 12.1 Å². The van der Waals surface area contributed by atoms with Crippen molar-refractivity contribution < 1.29 is 58.6 Å². The van der Waals surface area contributed by atoms with Crippen molar-refractivity contribution in [1.29, 1.82) is 0 Å². The van der Waals surface area contributed by atoms with Gasteiger partial charge in [-0.1, -0.05) is 6.92 Å². The fourth-order valence-electron chi connectivity index (χ4n) is 3.30. The molecule has 1 aromatic carbocycles. The topological polar surface area (TPSA) is 209 Å². The normalized spacial score (nSPS) is 15.9. The number of nitrogens with zero attached hydrogens (tertiary/aromatic N) is 1. The van der Waals surface area contributed by atoms with Crippen molar-refractivity contribution in [3.8, 4) is 17.2 Å². The predicted molar refractivity (Wildman–Crippen MR) is 117 cm³/mol. The molecule has 35 heavy (non-hydrogen) atoms. The van der Waals surface area contributed by atoms with Crippen LogP contribution >= 0.6 is 0 Å². The van der Waals surface area contributed by atoms with Crippen molar-refractivity contribution in [2.45, 2.75) is 25.8 Å². The van der Waals surface area contributed by atoms with E-state index in [1.54, 1.807) is 19.2 Å². The quantitative estimate of drug-likeness (QED) is 0.337. The SMILES string of the molecule is CCN1CCCC1CNC(=O)c1ccc(OC)c2c1OCCO2.O=C(O)C(=O)O.O=C(O)C(=O)O. The Hall–Kier alpha value is -4.07. The van der Waals surface area contributed by atoms with Gasteiger partial charge in [-0.2, -0.15) is 0 Å². The first-order chi connectivity index (χ1) is 16.5. The lowest BCUT2D eigenvalue weighted by molar-refractivity contribution is -0.159. The Kier molecular flexibility index (Phi) is 11.8. The molecule has 0 aromatic heterocycles. The number of carboxylic acids is 4. The van der Waals surface area contributed by atoms with Gasteiger partial charge in [0.2, 0.25) is 5.75 Å². The number of fused-ring (bicyclic) bond motifs is 1. The van der Waals surface area contributed by atoms with Gasteiger partial charge in [-0.05, 0) is 38.1 Å². The molecule has 1 amide bonds. The van der Waals surface area contributed by atoms with E-state index in [9.17, 15) is 4.79 Å². The third-order valence-corrected chi connectivity index (χ3v) is 4.89. The lowest BCUT2D eigenvalue weighted by atomic mass is 10.1. The number of carboxylic acid groups (broad SMARTS) is 4. The second-order valence-corrected chi connectivity index (χ2v) is 7.03. The Morgan fingerprint density at radius 3 is 2.00 bits per heavy atom. The van der Waals surface area contributed by atoms with Gasteiger partial charge < -0.3 is 40.0 Å². The summed E-state index contributed by atoms with van der Waals surface area (Å²) in [6.45, 7) is 5.86. The van der Waals surface area contributed by atoms with Crippen LogP contribution in [-0.2, 0) is 19.2 Å². The summed E-state index contributed by atoms with van der Waals surface area (Å²) in [5.41, 5.74) is 0.501. The zero-order chi connectivity index (χ0) is 26.5. The first-order valence-electron chi connectivity index (χ1n) is 10.4. The van der Waals surface area contributed by atoms with Crippen LogP contribution in [0, 0.1) is 0 Å². The molecule has 0 spiro atoms. The summed E-state index contributed by atoms with van der Waals surface area (Å²) in [7, 11) is 1.58. The van der Waals surface area contributed by atoms with Gasteiger partial charge in [0.1, 0.15) is 13.2 Å². The van der Waals surface area contributed by atoms with Crippen molar-refractivity contribution in [2.24, 2.45) is 0 Å². The van der Waals surface area contributed by atoms with Crippen molar-refractivity contribution in [1.82, 2.24) is 10.2 Å². The lowest BCUT2D eigenvalue weighted by Crippen LogP contribution is -2.40. The highest BCUT2D eigenvalue weighted by atomic mass is 16.6. The summed E-state index contributed by atoms with van der Waals surface area (Å²) >= 11 is 0. The molecular formula is C21H28N2O12. The first kappa shape index (κ1) is 29.0. The minimum atomic E-state index is -1.82. The second-order valence-electron chi connectivity index (χ2n) is 7.03. The lowest BCUT2D eigenvalue weighted by Gasteiger charge is -2.24. The number of benzene rings is 1. The van der Waals surface area contributed by atoms with Crippen LogP contribution in [-0.4, -0.2) is 101 Å². The summed E-state index contributed by atoms with van der Waals surface area (Å²) < 4.78 is 16.5. The summed E-state index contributed by atoms with van der Waals surface area (Å²) in [5.74, 6) is -5.84. The van der Waals surface area contributed by atoms with Crippen LogP contribution < -0.4 is 19.5 Å². The summed E-state index contributed by atoms with van der Waals surface area (Å²) in [5, 5.41) is 32.6. The number of carbonyl (C=O) groups is 5. The molecule has 5 N–H and O–H groups in total. The van der Waals surface area contributed by atoms with Crippen LogP contribution in [0.25, 0.3) is 0 Å². The number of nitrogens with one attached hydrogen (secondary N) is 1. The maximum atomic E-state index is 12.6. The van der Waals surface area contributed by atoms with E-state index in [2.05, 4.69) is 17.1 Å². The molecular weight excluding hydrogens is 472 g/mol. The molecule has 1 aromatic rings. The Morgan fingerprint density at radius 1 is 0.971 bits per heavy atom. The van der Waals surface area contributed by atoms with Gasteiger partial charge in [0.25, 0.3) is 5.91 Å². The highest BCUT2D eigenvalue weighted by Gasteiger charge is 2.27. The van der Waals surface area contributed by atoms with Gasteiger partial charge in [-0.3, -0.25) is 9.69 Å². The van der Waals surface area contributed by atoms with Gasteiger partial charge in [0, 0.05) is 12.6 Å². The van der Waals surface area contributed by atoms with E-state index in [0.717, 1.165) is 19.5 Å². The molecule has 0 bridgehead atoms. The van der Waals surface area contributed by atoms with Crippen LogP contribution in [0.4, 0.5) is 0 Å². The number of carbonyl (C=O) groups excluding carboxylic acids is 1. The van der Waals surface area contributed by atoms with Crippen LogP contribution in [0.3, 0.4) is 0 Å².